The minimum atomic E-state index is -0.496. The van der Waals surface area contributed by atoms with Gasteiger partial charge in [0.1, 0.15) is 12.2 Å². The van der Waals surface area contributed by atoms with Crippen LogP contribution in [0.15, 0.2) is 54.8 Å². The summed E-state index contributed by atoms with van der Waals surface area (Å²) in [7, 11) is 4.57. The van der Waals surface area contributed by atoms with Crippen LogP contribution in [0.5, 0.6) is 5.88 Å². The molecule has 0 aliphatic carbocycles. The Morgan fingerprint density at radius 3 is 2.60 bits per heavy atom. The van der Waals surface area contributed by atoms with Crippen molar-refractivity contribution in [3.8, 4) is 17.1 Å². The van der Waals surface area contributed by atoms with Crippen molar-refractivity contribution in [2.24, 2.45) is 7.05 Å². The topological polar surface area (TPSA) is 62.6 Å². The fourth-order valence-electron chi connectivity index (χ4n) is 2.92. The number of rotatable bonds is 7. The number of esters is 1. The molecule has 0 aliphatic heterocycles. The Hall–Kier alpha value is -2.96. The molecule has 6 nitrogen and oxygen atoms in total. The Bertz CT molecular complexity index is 1090. The van der Waals surface area contributed by atoms with Crippen LogP contribution in [0.3, 0.4) is 0 Å². The number of methoxy groups -OCH3 is 2. The highest BCUT2D eigenvalue weighted by Crippen LogP contribution is 2.32. The summed E-state index contributed by atoms with van der Waals surface area (Å²) >= 11 is 12.3. The molecule has 1 heterocycles. The molecular weight excluding hydrogens is 427 g/mol. The minimum absolute atomic E-state index is 0.210. The summed E-state index contributed by atoms with van der Waals surface area (Å²) in [6.45, 7) is 0.210. The van der Waals surface area contributed by atoms with Crippen molar-refractivity contribution in [1.29, 1.82) is 0 Å². The molecule has 0 N–H and O–H groups in total. The van der Waals surface area contributed by atoms with Crippen LogP contribution in [0.4, 0.5) is 0 Å². The summed E-state index contributed by atoms with van der Waals surface area (Å²) < 4.78 is 17.5. The molecule has 156 valence electrons. The second-order valence-electron chi connectivity index (χ2n) is 6.32. The number of hydrogen-bond donors (Lipinski definition) is 0. The Labute approximate surface area is 184 Å². The van der Waals surface area contributed by atoms with E-state index in [1.807, 2.05) is 30.3 Å². The van der Waals surface area contributed by atoms with Gasteiger partial charge in [-0.15, -0.1) is 0 Å². The lowest BCUT2D eigenvalue weighted by Crippen LogP contribution is -2.09. The summed E-state index contributed by atoms with van der Waals surface area (Å²) in [4.78, 5) is 12.2. The van der Waals surface area contributed by atoms with Gasteiger partial charge in [0.05, 0.1) is 31.2 Å². The van der Waals surface area contributed by atoms with Crippen molar-refractivity contribution in [2.75, 3.05) is 14.2 Å². The molecule has 1 aromatic heterocycles. The highest BCUT2D eigenvalue weighted by Gasteiger charge is 2.18. The quantitative estimate of drug-likeness (QED) is 0.285. The fourth-order valence-corrected chi connectivity index (χ4v) is 3.43. The van der Waals surface area contributed by atoms with Gasteiger partial charge in [-0.1, -0.05) is 47.5 Å². The van der Waals surface area contributed by atoms with Crippen LogP contribution in [0, 0.1) is 0 Å². The van der Waals surface area contributed by atoms with Crippen molar-refractivity contribution in [1.82, 2.24) is 9.78 Å². The number of nitrogens with zero attached hydrogens (tertiary/aromatic N) is 2. The van der Waals surface area contributed by atoms with Gasteiger partial charge in [0.2, 0.25) is 5.88 Å². The molecule has 0 atom stereocenters. The molecule has 0 radical (unpaired) electrons. The maximum atomic E-state index is 12.2. The van der Waals surface area contributed by atoms with Gasteiger partial charge >= 0.3 is 5.97 Å². The lowest BCUT2D eigenvalue weighted by atomic mass is 10.0. The molecule has 30 heavy (non-hydrogen) atoms. The van der Waals surface area contributed by atoms with Crippen LogP contribution in [0.25, 0.3) is 16.8 Å². The summed E-state index contributed by atoms with van der Waals surface area (Å²) in [5.41, 5.74) is 3.17. The van der Waals surface area contributed by atoms with Crippen LogP contribution in [-0.2, 0) is 27.9 Å². The van der Waals surface area contributed by atoms with Gasteiger partial charge in [0, 0.05) is 23.7 Å². The van der Waals surface area contributed by atoms with Gasteiger partial charge < -0.3 is 14.2 Å². The number of aryl methyl sites for hydroxylation is 1. The lowest BCUT2D eigenvalue weighted by molar-refractivity contribution is -0.133. The summed E-state index contributed by atoms with van der Waals surface area (Å²) in [6, 6.07) is 14.4. The monoisotopic (exact) mass is 446 g/mol. The zero-order valence-corrected chi connectivity index (χ0v) is 18.2. The van der Waals surface area contributed by atoms with Gasteiger partial charge in [-0.2, -0.15) is 5.10 Å². The van der Waals surface area contributed by atoms with E-state index in [2.05, 4.69) is 5.10 Å². The normalized spacial score (nSPS) is 11.3. The van der Waals surface area contributed by atoms with Gasteiger partial charge in [0.15, 0.2) is 0 Å². The third kappa shape index (κ3) is 4.78. The van der Waals surface area contributed by atoms with E-state index >= 15 is 0 Å². The highest BCUT2D eigenvalue weighted by molar-refractivity contribution is 6.36. The van der Waals surface area contributed by atoms with Gasteiger partial charge in [-0.25, -0.2) is 9.48 Å². The van der Waals surface area contributed by atoms with E-state index < -0.39 is 5.97 Å². The molecule has 0 bridgehead atoms. The van der Waals surface area contributed by atoms with Crippen molar-refractivity contribution in [3.63, 3.8) is 0 Å². The molecule has 0 fully saturated rings. The second-order valence-corrected chi connectivity index (χ2v) is 7.16. The van der Waals surface area contributed by atoms with Crippen molar-refractivity contribution in [3.05, 3.63) is 76.0 Å². The number of hydrogen-bond acceptors (Lipinski definition) is 5. The lowest BCUT2D eigenvalue weighted by Gasteiger charge is -2.12. The zero-order chi connectivity index (χ0) is 21.7. The number of halogens is 2. The number of carbonyl (C=O) groups is 1. The third-order valence-electron chi connectivity index (χ3n) is 4.37. The standard InChI is InChI=1S/C22H20Cl2N2O4/c1-26-21(11-20(25-26)17-9-8-15(23)10-19(17)24)30-12-14-6-4-5-7-16(14)18(13-28-2)22(27)29-3/h4-11,13H,12H2,1-3H3/b18-13+. The molecule has 0 spiro atoms. The van der Waals surface area contributed by atoms with Crippen LogP contribution in [-0.4, -0.2) is 30.0 Å². The van der Waals surface area contributed by atoms with Crippen LogP contribution in [0.2, 0.25) is 10.0 Å². The van der Waals surface area contributed by atoms with Gasteiger partial charge in [0.25, 0.3) is 0 Å². The van der Waals surface area contributed by atoms with E-state index in [0.29, 0.717) is 32.8 Å². The molecule has 2 aromatic carbocycles. The molecule has 0 unspecified atom stereocenters. The summed E-state index contributed by atoms with van der Waals surface area (Å²) in [5.74, 6) is 0.0469. The van der Waals surface area contributed by atoms with Crippen molar-refractivity contribution in [2.45, 2.75) is 6.61 Å². The number of carbonyl (C=O) groups excluding carboxylic acids is 1. The molecular formula is C22H20Cl2N2O4. The highest BCUT2D eigenvalue weighted by atomic mass is 35.5. The van der Waals surface area contributed by atoms with Crippen molar-refractivity contribution < 1.29 is 19.0 Å². The van der Waals surface area contributed by atoms with E-state index in [1.165, 1.54) is 20.5 Å². The average Bonchev–Trinajstić information content (AvgIpc) is 3.10. The first kappa shape index (κ1) is 21.7. The first-order valence-corrected chi connectivity index (χ1v) is 9.72. The van der Waals surface area contributed by atoms with Gasteiger partial charge in [-0.3, -0.25) is 0 Å². The predicted molar refractivity (Wildman–Crippen MR) is 116 cm³/mol. The molecule has 8 heteroatoms. The first-order chi connectivity index (χ1) is 14.4. The second kappa shape index (κ2) is 9.69. The zero-order valence-electron chi connectivity index (χ0n) is 16.7. The largest absolute Gasteiger partial charge is 0.503 e. The Kier molecular flexibility index (Phi) is 7.03. The summed E-state index contributed by atoms with van der Waals surface area (Å²) in [5, 5.41) is 5.53. The number of benzene rings is 2. The molecule has 0 aliphatic rings. The average molecular weight is 447 g/mol. The fraction of sp³-hybridized carbons (Fsp3) is 0.182. The predicted octanol–water partition coefficient (Wildman–Crippen LogP) is 5.13. The third-order valence-corrected chi connectivity index (χ3v) is 4.92. The maximum absolute atomic E-state index is 12.2. The Balaban J connectivity index is 1.86. The van der Waals surface area contributed by atoms with Gasteiger partial charge in [-0.05, 0) is 29.3 Å². The molecule has 0 saturated heterocycles. The minimum Gasteiger partial charge on any atom is -0.503 e. The van der Waals surface area contributed by atoms with Crippen LogP contribution < -0.4 is 4.74 Å². The van der Waals surface area contributed by atoms with Crippen LogP contribution >= 0.6 is 23.2 Å². The number of aromatic nitrogens is 2. The maximum Gasteiger partial charge on any atom is 0.341 e. The smallest absolute Gasteiger partial charge is 0.341 e. The van der Waals surface area contributed by atoms with E-state index in [0.717, 1.165) is 11.1 Å². The number of ether oxygens (including phenoxy) is 3. The van der Waals surface area contributed by atoms with Crippen molar-refractivity contribution >= 4 is 34.7 Å². The first-order valence-electron chi connectivity index (χ1n) is 8.96. The molecule has 0 amide bonds. The van der Waals surface area contributed by atoms with E-state index in [-0.39, 0.29) is 6.61 Å². The summed E-state index contributed by atoms with van der Waals surface area (Å²) in [6.07, 6.45) is 1.36. The molecule has 0 saturated carbocycles. The van der Waals surface area contributed by atoms with E-state index in [4.69, 9.17) is 37.4 Å². The molecule has 3 aromatic rings. The Morgan fingerprint density at radius 2 is 1.90 bits per heavy atom. The van der Waals surface area contributed by atoms with E-state index in [1.54, 1.807) is 29.9 Å². The van der Waals surface area contributed by atoms with E-state index in [9.17, 15) is 4.79 Å². The SMILES string of the molecule is CO/C=C(/C(=O)OC)c1ccccc1COc1cc(-c2ccc(Cl)cc2Cl)nn1C. The Morgan fingerprint density at radius 1 is 1.13 bits per heavy atom. The van der Waals surface area contributed by atoms with Crippen LogP contribution in [0.1, 0.15) is 11.1 Å². The molecule has 3 rings (SSSR count).